The van der Waals surface area contributed by atoms with Crippen molar-refractivity contribution in [1.82, 2.24) is 10.3 Å². The third-order valence-corrected chi connectivity index (χ3v) is 2.79. The van der Waals surface area contributed by atoms with Crippen LogP contribution in [0.1, 0.15) is 22.5 Å². The topological polar surface area (TPSA) is 70.9 Å². The Labute approximate surface area is 100 Å². The van der Waals surface area contributed by atoms with Crippen molar-refractivity contribution >= 4 is 16.8 Å². The molecule has 1 heterocycles. The number of carbonyl (C=O) groups is 1. The zero-order chi connectivity index (χ0) is 12.3. The number of H-pyrrole nitrogens is 1. The number of carbonyl (C=O) groups excluding carboxylic acids is 1. The molecule has 0 spiro atoms. The van der Waals surface area contributed by atoms with Gasteiger partial charge in [-0.25, -0.2) is 0 Å². The van der Waals surface area contributed by atoms with E-state index in [2.05, 4.69) is 10.3 Å². The number of aromatic nitrogens is 1. The number of hydrogen-bond donors (Lipinski definition) is 3. The van der Waals surface area contributed by atoms with Gasteiger partial charge in [0.25, 0.3) is 5.91 Å². The van der Waals surface area contributed by atoms with Crippen LogP contribution in [0, 0.1) is 6.92 Å². The zero-order valence-corrected chi connectivity index (χ0v) is 9.92. The van der Waals surface area contributed by atoms with Crippen LogP contribution in [-0.4, -0.2) is 24.0 Å². The molecule has 2 aromatic rings. The molecular weight excluding hydrogens is 214 g/mol. The molecule has 0 unspecified atom stereocenters. The number of benzene rings is 1. The fourth-order valence-electron chi connectivity index (χ4n) is 1.83. The fraction of sp³-hybridized carbons (Fsp3) is 0.308. The Morgan fingerprint density at radius 3 is 3.00 bits per heavy atom. The Balaban J connectivity index is 2.19. The molecule has 0 bridgehead atoms. The first-order valence-corrected chi connectivity index (χ1v) is 5.79. The van der Waals surface area contributed by atoms with Gasteiger partial charge in [-0.3, -0.25) is 4.79 Å². The first-order chi connectivity index (χ1) is 8.22. The molecule has 1 amide bonds. The average molecular weight is 231 g/mol. The molecule has 0 aliphatic rings. The van der Waals surface area contributed by atoms with Crippen LogP contribution in [0.2, 0.25) is 0 Å². The van der Waals surface area contributed by atoms with Gasteiger partial charge >= 0.3 is 0 Å². The minimum Gasteiger partial charge on any atom is -0.351 e. The molecule has 0 aliphatic heterocycles. The molecule has 0 aliphatic carbocycles. The highest BCUT2D eigenvalue weighted by Gasteiger charge is 2.09. The maximum Gasteiger partial charge on any atom is 0.267 e. The maximum atomic E-state index is 11.8. The van der Waals surface area contributed by atoms with Crippen LogP contribution in [0.25, 0.3) is 10.9 Å². The van der Waals surface area contributed by atoms with Gasteiger partial charge < -0.3 is 16.0 Å². The van der Waals surface area contributed by atoms with Gasteiger partial charge in [0.15, 0.2) is 0 Å². The van der Waals surface area contributed by atoms with Crippen molar-refractivity contribution in [2.45, 2.75) is 13.3 Å². The summed E-state index contributed by atoms with van der Waals surface area (Å²) in [5.41, 5.74) is 8.14. The van der Waals surface area contributed by atoms with Gasteiger partial charge in [0.2, 0.25) is 0 Å². The van der Waals surface area contributed by atoms with E-state index >= 15 is 0 Å². The quantitative estimate of drug-likeness (QED) is 0.699. The van der Waals surface area contributed by atoms with E-state index in [1.165, 1.54) is 5.56 Å². The van der Waals surface area contributed by atoms with Crippen molar-refractivity contribution in [3.05, 3.63) is 35.5 Å². The van der Waals surface area contributed by atoms with Crippen molar-refractivity contribution in [2.75, 3.05) is 13.1 Å². The van der Waals surface area contributed by atoms with Crippen molar-refractivity contribution in [2.24, 2.45) is 5.73 Å². The van der Waals surface area contributed by atoms with Crippen LogP contribution in [0.15, 0.2) is 24.3 Å². The van der Waals surface area contributed by atoms with E-state index in [0.717, 1.165) is 17.3 Å². The predicted octanol–water partition coefficient (Wildman–Crippen LogP) is 1.55. The second-order valence-electron chi connectivity index (χ2n) is 4.12. The number of nitrogens with two attached hydrogens (primary N) is 1. The number of aromatic amines is 1. The van der Waals surface area contributed by atoms with Gasteiger partial charge in [-0.15, -0.1) is 0 Å². The van der Waals surface area contributed by atoms with Crippen molar-refractivity contribution in [3.63, 3.8) is 0 Å². The molecule has 0 fully saturated rings. The van der Waals surface area contributed by atoms with Gasteiger partial charge in [0.1, 0.15) is 5.69 Å². The minimum atomic E-state index is -0.0750. The third kappa shape index (κ3) is 2.47. The van der Waals surface area contributed by atoms with Crippen LogP contribution in [0.5, 0.6) is 0 Å². The summed E-state index contributed by atoms with van der Waals surface area (Å²) in [7, 11) is 0. The zero-order valence-electron chi connectivity index (χ0n) is 9.92. The SMILES string of the molecule is Cc1cccc2[nH]c(C(=O)NCCCN)cc12. The van der Waals surface area contributed by atoms with E-state index in [0.29, 0.717) is 18.8 Å². The highest BCUT2D eigenvalue weighted by atomic mass is 16.1. The van der Waals surface area contributed by atoms with Crippen LogP contribution in [0.4, 0.5) is 0 Å². The summed E-state index contributed by atoms with van der Waals surface area (Å²) in [5, 5.41) is 3.92. The summed E-state index contributed by atoms with van der Waals surface area (Å²) < 4.78 is 0. The lowest BCUT2D eigenvalue weighted by Gasteiger charge is -2.01. The standard InChI is InChI=1S/C13H17N3O/c1-9-4-2-5-11-10(9)8-12(16-11)13(17)15-7-3-6-14/h2,4-5,8,16H,3,6-7,14H2,1H3,(H,15,17). The van der Waals surface area contributed by atoms with Crippen LogP contribution in [0.3, 0.4) is 0 Å². The smallest absolute Gasteiger partial charge is 0.267 e. The molecule has 17 heavy (non-hydrogen) atoms. The van der Waals surface area contributed by atoms with Gasteiger partial charge in [-0.2, -0.15) is 0 Å². The summed E-state index contributed by atoms with van der Waals surface area (Å²) >= 11 is 0. The van der Waals surface area contributed by atoms with Crippen molar-refractivity contribution < 1.29 is 4.79 Å². The molecule has 0 saturated carbocycles. The Hall–Kier alpha value is -1.81. The summed E-state index contributed by atoms with van der Waals surface area (Å²) in [4.78, 5) is 14.9. The van der Waals surface area contributed by atoms with Crippen molar-refractivity contribution in [1.29, 1.82) is 0 Å². The molecule has 2 rings (SSSR count). The number of amides is 1. The van der Waals surface area contributed by atoms with Crippen LogP contribution < -0.4 is 11.1 Å². The molecule has 90 valence electrons. The lowest BCUT2D eigenvalue weighted by molar-refractivity contribution is 0.0949. The number of fused-ring (bicyclic) bond motifs is 1. The van der Waals surface area contributed by atoms with E-state index < -0.39 is 0 Å². The Kier molecular flexibility index (Phi) is 3.44. The van der Waals surface area contributed by atoms with Gasteiger partial charge in [0, 0.05) is 17.4 Å². The van der Waals surface area contributed by atoms with Crippen LogP contribution in [-0.2, 0) is 0 Å². The molecule has 1 aromatic carbocycles. The Morgan fingerprint density at radius 1 is 1.47 bits per heavy atom. The molecular formula is C13H17N3O. The summed E-state index contributed by atoms with van der Waals surface area (Å²) in [6, 6.07) is 7.87. The summed E-state index contributed by atoms with van der Waals surface area (Å²) in [6.45, 7) is 3.24. The molecule has 0 saturated heterocycles. The Bertz CT molecular complexity index is 530. The lowest BCUT2D eigenvalue weighted by Crippen LogP contribution is -2.26. The van der Waals surface area contributed by atoms with Crippen LogP contribution >= 0.6 is 0 Å². The van der Waals surface area contributed by atoms with E-state index in [4.69, 9.17) is 5.73 Å². The third-order valence-electron chi connectivity index (χ3n) is 2.79. The van der Waals surface area contributed by atoms with Gasteiger partial charge in [-0.1, -0.05) is 12.1 Å². The second kappa shape index (κ2) is 5.01. The van der Waals surface area contributed by atoms with E-state index in [1.807, 2.05) is 31.2 Å². The van der Waals surface area contributed by atoms with E-state index in [9.17, 15) is 4.79 Å². The first kappa shape index (κ1) is 11.7. The normalized spacial score (nSPS) is 10.7. The molecule has 4 N–H and O–H groups in total. The number of nitrogens with one attached hydrogen (secondary N) is 2. The monoisotopic (exact) mass is 231 g/mol. The summed E-state index contributed by atoms with van der Waals surface area (Å²) in [6.07, 6.45) is 0.797. The number of hydrogen-bond acceptors (Lipinski definition) is 2. The molecule has 4 nitrogen and oxygen atoms in total. The largest absolute Gasteiger partial charge is 0.351 e. The molecule has 1 aromatic heterocycles. The highest BCUT2D eigenvalue weighted by Crippen LogP contribution is 2.18. The number of aryl methyl sites for hydroxylation is 1. The molecule has 4 heteroatoms. The first-order valence-electron chi connectivity index (χ1n) is 5.79. The average Bonchev–Trinajstić information content (AvgIpc) is 2.75. The molecule has 0 radical (unpaired) electrons. The van der Waals surface area contributed by atoms with E-state index in [1.54, 1.807) is 0 Å². The van der Waals surface area contributed by atoms with Gasteiger partial charge in [0.05, 0.1) is 0 Å². The van der Waals surface area contributed by atoms with Crippen molar-refractivity contribution in [3.8, 4) is 0 Å². The lowest BCUT2D eigenvalue weighted by atomic mass is 10.1. The number of rotatable bonds is 4. The highest BCUT2D eigenvalue weighted by molar-refractivity contribution is 5.98. The molecule has 0 atom stereocenters. The minimum absolute atomic E-state index is 0.0750. The Morgan fingerprint density at radius 2 is 2.29 bits per heavy atom. The van der Waals surface area contributed by atoms with E-state index in [-0.39, 0.29) is 5.91 Å². The second-order valence-corrected chi connectivity index (χ2v) is 4.12. The maximum absolute atomic E-state index is 11.8. The fourth-order valence-corrected chi connectivity index (χ4v) is 1.83. The predicted molar refractivity (Wildman–Crippen MR) is 69.0 cm³/mol. The van der Waals surface area contributed by atoms with Gasteiger partial charge in [-0.05, 0) is 37.6 Å². The summed E-state index contributed by atoms with van der Waals surface area (Å²) in [5.74, 6) is -0.0750.